The van der Waals surface area contributed by atoms with Crippen LogP contribution in [-0.4, -0.2) is 49.0 Å². The zero-order valence-electron chi connectivity index (χ0n) is 22.2. The van der Waals surface area contributed by atoms with Crippen molar-refractivity contribution in [2.24, 2.45) is 11.3 Å². The highest BCUT2D eigenvalue weighted by atomic mass is 32.2. The highest BCUT2D eigenvalue weighted by Crippen LogP contribution is 2.39. The predicted octanol–water partition coefficient (Wildman–Crippen LogP) is 4.92. The molecule has 2 aromatic rings. The van der Waals surface area contributed by atoms with Gasteiger partial charge in [0.25, 0.3) is 0 Å². The Morgan fingerprint density at radius 2 is 1.65 bits per heavy atom. The zero-order valence-corrected chi connectivity index (χ0v) is 23.0. The average molecular weight is 533 g/mol. The lowest BCUT2D eigenvalue weighted by Crippen LogP contribution is -2.54. The van der Waals surface area contributed by atoms with Gasteiger partial charge in [0.05, 0.1) is 17.0 Å². The Labute approximate surface area is 221 Å². The summed E-state index contributed by atoms with van der Waals surface area (Å²) in [6.45, 7) is 5.83. The van der Waals surface area contributed by atoms with Crippen molar-refractivity contribution in [3.05, 3.63) is 66.0 Å². The lowest BCUT2D eigenvalue weighted by Gasteiger charge is -2.38. The number of nitrogens with one attached hydrogen (secondary N) is 1. The maximum Gasteiger partial charge on any atom is 0.243 e. The van der Waals surface area contributed by atoms with E-state index in [0.29, 0.717) is 6.42 Å². The maximum atomic E-state index is 13.6. The van der Waals surface area contributed by atoms with Crippen LogP contribution in [0.25, 0.3) is 0 Å². The molecule has 2 N–H and O–H groups in total. The minimum absolute atomic E-state index is 0.00446. The van der Waals surface area contributed by atoms with Crippen LogP contribution < -0.4 is 5.32 Å². The molecule has 0 bridgehead atoms. The van der Waals surface area contributed by atoms with E-state index in [1.54, 1.807) is 0 Å². The van der Waals surface area contributed by atoms with E-state index in [1.165, 1.54) is 16.4 Å². The lowest BCUT2D eigenvalue weighted by atomic mass is 9.71. The number of hydrogen-bond acceptors (Lipinski definition) is 4. The van der Waals surface area contributed by atoms with Crippen LogP contribution in [0.5, 0.6) is 0 Å². The third-order valence-electron chi connectivity index (χ3n) is 7.46. The maximum absolute atomic E-state index is 13.6. The summed E-state index contributed by atoms with van der Waals surface area (Å²) in [6, 6.07) is 13.6. The summed E-state index contributed by atoms with van der Waals surface area (Å²) in [4.78, 5) is 13.6. The molecule has 2 aromatic carbocycles. The molecule has 0 aliphatic heterocycles. The number of aliphatic hydroxyl groups excluding tert-OH is 1. The molecule has 1 amide bonds. The first-order chi connectivity index (χ1) is 17.6. The van der Waals surface area contributed by atoms with Gasteiger partial charge in [-0.1, -0.05) is 70.4 Å². The minimum atomic E-state index is -3.99. The summed E-state index contributed by atoms with van der Waals surface area (Å²) in [7, 11) is -3.99. The third kappa shape index (κ3) is 7.62. The van der Waals surface area contributed by atoms with Gasteiger partial charge in [0.15, 0.2) is 0 Å². The van der Waals surface area contributed by atoms with Crippen molar-refractivity contribution in [2.75, 3.05) is 13.1 Å². The molecule has 2 atom stereocenters. The first-order valence-corrected chi connectivity index (χ1v) is 14.8. The molecule has 0 radical (unpaired) electrons. The fourth-order valence-corrected chi connectivity index (χ4v) is 6.83. The lowest BCUT2D eigenvalue weighted by molar-refractivity contribution is -0.135. The fraction of sp³-hybridized carbons (Fsp3) is 0.552. The molecule has 0 spiro atoms. The number of rotatable bonds is 12. The average Bonchev–Trinajstić information content (AvgIpc) is 2.88. The number of halogens is 1. The summed E-state index contributed by atoms with van der Waals surface area (Å²) < 4.78 is 41.6. The van der Waals surface area contributed by atoms with Gasteiger partial charge in [-0.3, -0.25) is 4.79 Å². The minimum Gasteiger partial charge on any atom is -0.390 e. The van der Waals surface area contributed by atoms with E-state index >= 15 is 0 Å². The molecule has 1 aliphatic rings. The Bertz CT molecular complexity index is 1100. The fourth-order valence-electron chi connectivity index (χ4n) is 5.21. The standard InChI is InChI=1S/C29H41FN2O4S/c1-4-29(17-9-6-10-18-29)28(34)31-26(19-23-11-7-5-8-12-23)27(33)21-32(20-22(2)3)37(35,36)25-15-13-24(30)14-16-25/h5,7-8,11-16,22,26-27,33H,4,6,9-10,17-21H2,1-3H3,(H,31,34). The van der Waals surface area contributed by atoms with Crippen LogP contribution in [0.4, 0.5) is 4.39 Å². The summed E-state index contributed by atoms with van der Waals surface area (Å²) in [6.07, 6.45) is 4.73. The quantitative estimate of drug-likeness (QED) is 0.406. The second-order valence-corrected chi connectivity index (χ2v) is 12.6. The van der Waals surface area contributed by atoms with E-state index in [-0.39, 0.29) is 29.8 Å². The van der Waals surface area contributed by atoms with Crippen molar-refractivity contribution in [1.29, 1.82) is 0 Å². The summed E-state index contributed by atoms with van der Waals surface area (Å²) in [5.41, 5.74) is 0.489. The number of sulfonamides is 1. The molecule has 204 valence electrons. The number of carbonyl (C=O) groups excluding carboxylic acids is 1. The highest BCUT2D eigenvalue weighted by molar-refractivity contribution is 7.89. The van der Waals surface area contributed by atoms with E-state index in [1.807, 2.05) is 51.1 Å². The second kappa shape index (κ2) is 13.0. The van der Waals surface area contributed by atoms with Crippen LogP contribution >= 0.6 is 0 Å². The summed E-state index contributed by atoms with van der Waals surface area (Å²) in [5, 5.41) is 14.6. The zero-order chi connectivity index (χ0) is 27.1. The molecule has 37 heavy (non-hydrogen) atoms. The predicted molar refractivity (Wildman–Crippen MR) is 144 cm³/mol. The van der Waals surface area contributed by atoms with Crippen molar-refractivity contribution in [2.45, 2.75) is 82.8 Å². The SMILES string of the molecule is CCC1(C(=O)NC(Cc2ccccc2)C(O)CN(CC(C)C)S(=O)(=O)c2ccc(F)cc2)CCCCC1. The van der Waals surface area contributed by atoms with Crippen molar-refractivity contribution >= 4 is 15.9 Å². The van der Waals surface area contributed by atoms with Crippen LogP contribution in [0, 0.1) is 17.2 Å². The van der Waals surface area contributed by atoms with Gasteiger partial charge in [0.2, 0.25) is 15.9 Å². The summed E-state index contributed by atoms with van der Waals surface area (Å²) >= 11 is 0. The normalized spacial score (nSPS) is 17.5. The second-order valence-electron chi connectivity index (χ2n) is 10.7. The Kier molecular flexibility index (Phi) is 10.3. The molecule has 1 saturated carbocycles. The molecule has 1 fully saturated rings. The first-order valence-electron chi connectivity index (χ1n) is 13.4. The van der Waals surface area contributed by atoms with Crippen LogP contribution in [0.1, 0.15) is 64.9 Å². The molecule has 0 heterocycles. The molecule has 8 heteroatoms. The van der Waals surface area contributed by atoms with Gasteiger partial charge in [0.1, 0.15) is 5.82 Å². The monoisotopic (exact) mass is 532 g/mol. The van der Waals surface area contributed by atoms with Gasteiger partial charge in [-0.25, -0.2) is 12.8 Å². The molecule has 3 rings (SSSR count). The largest absolute Gasteiger partial charge is 0.390 e. The van der Waals surface area contributed by atoms with Crippen molar-refractivity contribution < 1.29 is 22.7 Å². The number of hydrogen-bond donors (Lipinski definition) is 2. The Hall–Kier alpha value is -2.29. The number of aliphatic hydroxyl groups is 1. The molecule has 1 aliphatic carbocycles. The molecular weight excluding hydrogens is 491 g/mol. The molecular formula is C29H41FN2O4S. The van der Waals surface area contributed by atoms with Gasteiger partial charge < -0.3 is 10.4 Å². The Morgan fingerprint density at radius 1 is 1.03 bits per heavy atom. The van der Waals surface area contributed by atoms with Gasteiger partial charge in [-0.05, 0) is 61.4 Å². The van der Waals surface area contributed by atoms with Crippen LogP contribution in [-0.2, 0) is 21.2 Å². The van der Waals surface area contributed by atoms with Crippen LogP contribution in [0.2, 0.25) is 0 Å². The van der Waals surface area contributed by atoms with Gasteiger partial charge in [-0.15, -0.1) is 0 Å². The van der Waals surface area contributed by atoms with E-state index in [0.717, 1.165) is 56.2 Å². The Balaban J connectivity index is 1.87. The third-order valence-corrected chi connectivity index (χ3v) is 9.31. The first kappa shape index (κ1) is 29.3. The van der Waals surface area contributed by atoms with E-state index < -0.39 is 33.4 Å². The highest BCUT2D eigenvalue weighted by Gasteiger charge is 2.40. The number of benzene rings is 2. The summed E-state index contributed by atoms with van der Waals surface area (Å²) in [5.74, 6) is -0.589. The molecule has 6 nitrogen and oxygen atoms in total. The number of nitrogens with zero attached hydrogens (tertiary/aromatic N) is 1. The van der Waals surface area contributed by atoms with E-state index in [4.69, 9.17) is 0 Å². The van der Waals surface area contributed by atoms with Crippen molar-refractivity contribution in [1.82, 2.24) is 9.62 Å². The van der Waals surface area contributed by atoms with E-state index in [9.17, 15) is 22.7 Å². The van der Waals surface area contributed by atoms with Gasteiger partial charge in [0, 0.05) is 18.5 Å². The van der Waals surface area contributed by atoms with Crippen LogP contribution in [0.3, 0.4) is 0 Å². The van der Waals surface area contributed by atoms with Gasteiger partial charge in [-0.2, -0.15) is 4.31 Å². The molecule has 0 aromatic heterocycles. The van der Waals surface area contributed by atoms with Gasteiger partial charge >= 0.3 is 0 Å². The van der Waals surface area contributed by atoms with Crippen molar-refractivity contribution in [3.8, 4) is 0 Å². The Morgan fingerprint density at radius 3 is 2.22 bits per heavy atom. The number of carbonyl (C=O) groups is 1. The number of amides is 1. The molecule has 2 unspecified atom stereocenters. The topological polar surface area (TPSA) is 86.7 Å². The van der Waals surface area contributed by atoms with Crippen molar-refractivity contribution in [3.63, 3.8) is 0 Å². The smallest absolute Gasteiger partial charge is 0.243 e. The van der Waals surface area contributed by atoms with Crippen LogP contribution in [0.15, 0.2) is 59.5 Å². The molecule has 0 saturated heterocycles. The van der Waals surface area contributed by atoms with E-state index in [2.05, 4.69) is 5.32 Å².